The summed E-state index contributed by atoms with van der Waals surface area (Å²) in [6.07, 6.45) is 0. The molecule has 3 rings (SSSR count). The van der Waals surface area contributed by atoms with Crippen molar-refractivity contribution in [1.82, 2.24) is 0 Å². The van der Waals surface area contributed by atoms with Crippen molar-refractivity contribution in [2.24, 2.45) is 0 Å². The molecule has 1 heterocycles. The Bertz CT molecular complexity index is 839. The van der Waals surface area contributed by atoms with Crippen LogP contribution < -0.4 is 14.9 Å². The van der Waals surface area contributed by atoms with Crippen molar-refractivity contribution in [1.29, 1.82) is 0 Å². The Morgan fingerprint density at radius 2 is 1.63 bits per heavy atom. The molecule has 0 N–H and O–H groups in total. The van der Waals surface area contributed by atoms with Gasteiger partial charge in [0.05, 0.1) is 24.9 Å². The molecule has 0 bridgehead atoms. The van der Waals surface area contributed by atoms with Crippen molar-refractivity contribution in [2.75, 3.05) is 7.11 Å². The highest BCUT2D eigenvalue weighted by Gasteiger charge is 2.52. The Kier molecular flexibility index (Phi) is 5.19. The van der Waals surface area contributed by atoms with Crippen LogP contribution in [-0.4, -0.2) is 25.4 Å². The first-order valence-electron chi connectivity index (χ1n) is 8.88. The molecule has 27 heavy (non-hydrogen) atoms. The molecule has 1 aliphatic heterocycles. The van der Waals surface area contributed by atoms with Gasteiger partial charge in [-0.25, -0.2) is 4.85 Å². The van der Waals surface area contributed by atoms with Crippen molar-refractivity contribution < 1.29 is 18.8 Å². The molecule has 0 radical (unpaired) electrons. The van der Waals surface area contributed by atoms with Crippen molar-refractivity contribution in [2.45, 2.75) is 45.5 Å². The third-order valence-corrected chi connectivity index (χ3v) is 5.19. The number of hydrogen-bond donors (Lipinski definition) is 0. The molecule has 5 nitrogen and oxygen atoms in total. The third kappa shape index (κ3) is 3.95. The Labute approximate surface area is 161 Å². The molecule has 6 heteroatoms. The molecule has 0 aliphatic carbocycles. The Morgan fingerprint density at radius 1 is 1.00 bits per heavy atom. The summed E-state index contributed by atoms with van der Waals surface area (Å²) in [4.78, 5) is 3.51. The normalized spacial score (nSPS) is 17.4. The monoisotopic (exact) mass is 365 g/mol. The summed E-state index contributed by atoms with van der Waals surface area (Å²) in [6.45, 7) is 15.7. The van der Waals surface area contributed by atoms with E-state index in [0.29, 0.717) is 18.0 Å². The molecule has 140 valence electrons. The smallest absolute Gasteiger partial charge is 0.497 e. The van der Waals surface area contributed by atoms with Gasteiger partial charge in [0.25, 0.3) is 0 Å². The Hall–Kier alpha value is -2.49. The number of ether oxygens (including phenoxy) is 2. The number of nitrogens with zero attached hydrogens (tertiary/aromatic N) is 1. The molecular weight excluding hydrogens is 341 g/mol. The summed E-state index contributed by atoms with van der Waals surface area (Å²) in [5, 5.41) is 0. The zero-order valence-corrected chi connectivity index (χ0v) is 16.4. The molecule has 0 unspecified atom stereocenters. The first-order chi connectivity index (χ1) is 12.8. The second-order valence-electron chi connectivity index (χ2n) is 7.56. The fourth-order valence-electron chi connectivity index (χ4n) is 2.77. The van der Waals surface area contributed by atoms with E-state index >= 15 is 0 Å². The van der Waals surface area contributed by atoms with E-state index in [1.165, 1.54) is 0 Å². The zero-order chi connectivity index (χ0) is 19.7. The van der Waals surface area contributed by atoms with Crippen LogP contribution >= 0.6 is 0 Å². The van der Waals surface area contributed by atoms with E-state index in [1.54, 1.807) is 19.2 Å². The van der Waals surface area contributed by atoms with Crippen LogP contribution in [0.25, 0.3) is 4.85 Å². The van der Waals surface area contributed by atoms with Gasteiger partial charge in [-0.15, -0.1) is 0 Å². The summed E-state index contributed by atoms with van der Waals surface area (Å²) in [7, 11) is 1.10. The topological polar surface area (TPSA) is 41.3 Å². The van der Waals surface area contributed by atoms with Gasteiger partial charge >= 0.3 is 7.12 Å². The minimum atomic E-state index is -0.541. The molecular formula is C21H24BNO4. The van der Waals surface area contributed by atoms with Gasteiger partial charge in [0, 0.05) is 5.46 Å². The lowest BCUT2D eigenvalue weighted by Crippen LogP contribution is -2.41. The van der Waals surface area contributed by atoms with E-state index in [9.17, 15) is 0 Å². The number of rotatable bonds is 5. The fraction of sp³-hybridized carbons (Fsp3) is 0.381. The summed E-state index contributed by atoms with van der Waals surface area (Å²) in [5.41, 5.74) is 1.42. The van der Waals surface area contributed by atoms with Crippen LogP contribution in [0.3, 0.4) is 0 Å². The van der Waals surface area contributed by atoms with Gasteiger partial charge in [0.15, 0.2) is 5.69 Å². The molecule has 0 saturated carbocycles. The molecule has 1 aliphatic rings. The van der Waals surface area contributed by atoms with Crippen LogP contribution in [0, 0.1) is 6.57 Å². The summed E-state index contributed by atoms with van der Waals surface area (Å²) < 4.78 is 23.5. The zero-order valence-electron chi connectivity index (χ0n) is 16.4. The van der Waals surface area contributed by atoms with E-state index in [1.807, 2.05) is 58.0 Å². The van der Waals surface area contributed by atoms with Crippen molar-refractivity contribution in [3.05, 3.63) is 59.4 Å². The molecule has 2 aromatic carbocycles. The minimum Gasteiger partial charge on any atom is -0.497 e. The van der Waals surface area contributed by atoms with Crippen LogP contribution in [0.4, 0.5) is 5.69 Å². The first-order valence-corrected chi connectivity index (χ1v) is 8.88. The lowest BCUT2D eigenvalue weighted by Gasteiger charge is -2.32. The standard InChI is InChI=1S/C21H24BNO4/c1-20(2)21(3,4)27-22(26-20)18-12-9-16(23-5)13-19(18)25-14-15-7-10-17(24-6)11-8-15/h7-13H,14H2,1-4,6H3. The van der Waals surface area contributed by atoms with Gasteiger partial charge in [-0.05, 0) is 51.5 Å². The third-order valence-electron chi connectivity index (χ3n) is 5.19. The summed E-state index contributed by atoms with van der Waals surface area (Å²) in [5.74, 6) is 1.39. The molecule has 1 fully saturated rings. The first kappa shape index (κ1) is 19.3. The van der Waals surface area contributed by atoms with Gasteiger partial charge in [-0.3, -0.25) is 0 Å². The van der Waals surface area contributed by atoms with Gasteiger partial charge in [0.2, 0.25) is 0 Å². The summed E-state index contributed by atoms with van der Waals surface area (Å²) >= 11 is 0. The highest BCUT2D eigenvalue weighted by Crippen LogP contribution is 2.37. The van der Waals surface area contributed by atoms with E-state index in [0.717, 1.165) is 16.8 Å². The Morgan fingerprint density at radius 3 is 2.19 bits per heavy atom. The number of hydrogen-bond acceptors (Lipinski definition) is 4. The summed E-state index contributed by atoms with van der Waals surface area (Å²) in [6, 6.07) is 13.0. The second kappa shape index (κ2) is 7.26. The van der Waals surface area contributed by atoms with Crippen LogP contribution in [0.15, 0.2) is 42.5 Å². The van der Waals surface area contributed by atoms with Gasteiger partial charge in [-0.2, -0.15) is 0 Å². The van der Waals surface area contributed by atoms with Crippen LogP contribution in [0.1, 0.15) is 33.3 Å². The number of methoxy groups -OCH3 is 1. The van der Waals surface area contributed by atoms with Crippen molar-refractivity contribution >= 4 is 18.3 Å². The number of benzene rings is 2. The molecule has 1 saturated heterocycles. The van der Waals surface area contributed by atoms with Crippen molar-refractivity contribution in [3.63, 3.8) is 0 Å². The predicted molar refractivity (Wildman–Crippen MR) is 106 cm³/mol. The lowest BCUT2D eigenvalue weighted by molar-refractivity contribution is 0.00578. The largest absolute Gasteiger partial charge is 0.498 e. The van der Waals surface area contributed by atoms with Crippen LogP contribution in [0.2, 0.25) is 0 Å². The maximum atomic E-state index is 7.28. The average Bonchev–Trinajstić information content (AvgIpc) is 2.87. The Balaban J connectivity index is 1.84. The van der Waals surface area contributed by atoms with Crippen LogP contribution in [-0.2, 0) is 15.9 Å². The van der Waals surface area contributed by atoms with Crippen LogP contribution in [0.5, 0.6) is 11.5 Å². The average molecular weight is 365 g/mol. The lowest BCUT2D eigenvalue weighted by atomic mass is 9.78. The highest BCUT2D eigenvalue weighted by molar-refractivity contribution is 6.63. The second-order valence-corrected chi connectivity index (χ2v) is 7.56. The van der Waals surface area contributed by atoms with E-state index in [4.69, 9.17) is 25.4 Å². The predicted octanol–water partition coefficient (Wildman–Crippen LogP) is 4.12. The molecule has 0 amide bonds. The van der Waals surface area contributed by atoms with Crippen molar-refractivity contribution in [3.8, 4) is 11.5 Å². The molecule has 0 aromatic heterocycles. The quantitative estimate of drug-likeness (QED) is 0.590. The van der Waals surface area contributed by atoms with Gasteiger partial charge < -0.3 is 18.8 Å². The maximum Gasteiger partial charge on any atom is 0.498 e. The molecule has 0 spiro atoms. The van der Waals surface area contributed by atoms with E-state index in [-0.39, 0.29) is 0 Å². The van der Waals surface area contributed by atoms with E-state index < -0.39 is 18.3 Å². The van der Waals surface area contributed by atoms with Gasteiger partial charge in [0.1, 0.15) is 18.1 Å². The maximum absolute atomic E-state index is 7.28. The molecule has 2 aromatic rings. The minimum absolute atomic E-state index is 0.373. The SMILES string of the molecule is [C-]#[N+]c1ccc(B2OC(C)(C)C(C)(C)O2)c(OCc2ccc(OC)cc2)c1. The fourth-order valence-corrected chi connectivity index (χ4v) is 2.77. The van der Waals surface area contributed by atoms with E-state index in [2.05, 4.69) is 4.85 Å². The highest BCUT2D eigenvalue weighted by atomic mass is 16.7. The van der Waals surface area contributed by atoms with Gasteiger partial charge in [-0.1, -0.05) is 24.3 Å². The molecule has 0 atom stereocenters.